The highest BCUT2D eigenvalue weighted by atomic mass is 35.5. The number of ether oxygens (including phenoxy) is 1. The first-order valence-corrected chi connectivity index (χ1v) is 9.57. The number of hydrogen-bond acceptors (Lipinski definition) is 3. The van der Waals surface area contributed by atoms with Crippen LogP contribution in [0.1, 0.15) is 12.5 Å². The van der Waals surface area contributed by atoms with Crippen molar-refractivity contribution >= 4 is 40.2 Å². The molecule has 0 saturated heterocycles. The molecule has 2 aromatic heterocycles. The van der Waals surface area contributed by atoms with Gasteiger partial charge in [0.05, 0.1) is 22.3 Å². The van der Waals surface area contributed by atoms with E-state index < -0.39 is 0 Å². The highest BCUT2D eigenvalue weighted by Crippen LogP contribution is 2.17. The minimum absolute atomic E-state index is 0.674. The lowest BCUT2D eigenvalue weighted by Gasteiger charge is -2.01. The zero-order chi connectivity index (χ0) is 17.9. The Labute approximate surface area is 160 Å². The molecule has 5 heteroatoms. The molecule has 3 nitrogen and oxygen atoms in total. The fourth-order valence-electron chi connectivity index (χ4n) is 2.76. The summed E-state index contributed by atoms with van der Waals surface area (Å²) in [5.74, 6) is 0.889. The third-order valence-corrected chi connectivity index (χ3v) is 5.18. The van der Waals surface area contributed by atoms with Gasteiger partial charge in [-0.15, -0.1) is 0 Å². The molecule has 0 unspecified atom stereocenters. The van der Waals surface area contributed by atoms with E-state index in [9.17, 15) is 0 Å². The first-order valence-electron chi connectivity index (χ1n) is 8.38. The minimum Gasteiger partial charge on any atom is -0.494 e. The second-order valence-electron chi connectivity index (χ2n) is 5.75. The van der Waals surface area contributed by atoms with Crippen molar-refractivity contribution in [3.63, 3.8) is 0 Å². The van der Waals surface area contributed by atoms with Crippen molar-refractivity contribution in [3.05, 3.63) is 86.8 Å². The molecule has 26 heavy (non-hydrogen) atoms. The van der Waals surface area contributed by atoms with Gasteiger partial charge in [-0.2, -0.15) is 0 Å². The molecule has 0 radical (unpaired) electrons. The smallest absolute Gasteiger partial charge is 0.195 e. The molecule has 0 aliphatic heterocycles. The van der Waals surface area contributed by atoms with Gasteiger partial charge in [-0.1, -0.05) is 41.1 Å². The van der Waals surface area contributed by atoms with Crippen molar-refractivity contribution in [2.24, 2.45) is 4.99 Å². The minimum atomic E-state index is 0.674. The summed E-state index contributed by atoms with van der Waals surface area (Å²) in [5, 5.41) is 0.688. The van der Waals surface area contributed by atoms with Gasteiger partial charge >= 0.3 is 0 Å². The third-order valence-electron chi connectivity index (χ3n) is 3.93. The standard InChI is InChI=1S/C21H17ClN2OS/c1-2-25-18-10-8-15(9-11-18)13-20-19-7-4-12-24(19)21(26-20)23-17-6-3-5-16(22)14-17/h3-14H,2H2,1H3/b20-13-,23-21?. The normalized spacial score (nSPS) is 12.8. The van der Waals surface area contributed by atoms with Gasteiger partial charge in [-0.3, -0.25) is 4.40 Å². The second-order valence-corrected chi connectivity index (χ2v) is 7.20. The van der Waals surface area contributed by atoms with Crippen molar-refractivity contribution < 1.29 is 4.74 Å². The van der Waals surface area contributed by atoms with Crippen molar-refractivity contribution in [1.29, 1.82) is 0 Å². The van der Waals surface area contributed by atoms with Gasteiger partial charge in [0, 0.05) is 11.2 Å². The topological polar surface area (TPSA) is 26.0 Å². The Morgan fingerprint density at radius 3 is 2.73 bits per heavy atom. The lowest BCUT2D eigenvalue weighted by Crippen LogP contribution is -2.02. The molecule has 0 saturated carbocycles. The van der Waals surface area contributed by atoms with Crippen LogP contribution in [-0.2, 0) is 0 Å². The lowest BCUT2D eigenvalue weighted by molar-refractivity contribution is 0.340. The SMILES string of the molecule is CCOc1ccc(/C=c2\sc(=Nc3cccc(Cl)c3)n3cccc23)cc1. The molecule has 4 aromatic rings. The number of rotatable bonds is 4. The molecular weight excluding hydrogens is 364 g/mol. The zero-order valence-corrected chi connectivity index (χ0v) is 15.8. The molecule has 0 aliphatic carbocycles. The molecule has 0 atom stereocenters. The molecule has 0 N–H and O–H groups in total. The van der Waals surface area contributed by atoms with Crippen molar-refractivity contribution in [2.45, 2.75) is 6.92 Å². The lowest BCUT2D eigenvalue weighted by atomic mass is 10.2. The maximum absolute atomic E-state index is 6.08. The molecule has 0 fully saturated rings. The van der Waals surface area contributed by atoms with Crippen LogP contribution in [0.5, 0.6) is 5.75 Å². The van der Waals surface area contributed by atoms with E-state index in [0.29, 0.717) is 11.6 Å². The number of thiazole rings is 1. The van der Waals surface area contributed by atoms with E-state index >= 15 is 0 Å². The van der Waals surface area contributed by atoms with E-state index in [2.05, 4.69) is 28.7 Å². The first kappa shape index (κ1) is 16.9. The van der Waals surface area contributed by atoms with Crippen molar-refractivity contribution in [3.8, 4) is 5.75 Å². The Morgan fingerprint density at radius 2 is 1.96 bits per heavy atom. The Hall–Kier alpha value is -2.56. The Balaban J connectivity index is 1.80. The van der Waals surface area contributed by atoms with Crippen LogP contribution in [0.15, 0.2) is 71.9 Å². The van der Waals surface area contributed by atoms with Crippen LogP contribution in [0.4, 0.5) is 5.69 Å². The van der Waals surface area contributed by atoms with Crippen LogP contribution in [0.25, 0.3) is 11.6 Å². The molecule has 0 amide bonds. The summed E-state index contributed by atoms with van der Waals surface area (Å²) < 4.78 is 8.78. The maximum Gasteiger partial charge on any atom is 0.195 e. The third kappa shape index (κ3) is 3.52. The Morgan fingerprint density at radius 1 is 1.12 bits per heavy atom. The molecule has 2 aromatic carbocycles. The highest BCUT2D eigenvalue weighted by molar-refractivity contribution is 7.07. The fourth-order valence-corrected chi connectivity index (χ4v) is 4.02. The quantitative estimate of drug-likeness (QED) is 0.497. The molecule has 130 valence electrons. The van der Waals surface area contributed by atoms with Gasteiger partial charge in [0.15, 0.2) is 4.80 Å². The number of halogens is 1. The van der Waals surface area contributed by atoms with Crippen LogP contribution >= 0.6 is 22.9 Å². The molecule has 0 bridgehead atoms. The summed E-state index contributed by atoms with van der Waals surface area (Å²) in [7, 11) is 0. The number of nitrogens with zero attached hydrogens (tertiary/aromatic N) is 2. The monoisotopic (exact) mass is 380 g/mol. The first-order chi connectivity index (χ1) is 12.7. The number of aromatic nitrogens is 1. The second kappa shape index (κ2) is 7.36. The molecule has 2 heterocycles. The summed E-state index contributed by atoms with van der Waals surface area (Å²) in [6.07, 6.45) is 4.21. The van der Waals surface area contributed by atoms with Crippen LogP contribution in [0.2, 0.25) is 5.02 Å². The van der Waals surface area contributed by atoms with Gasteiger partial charge in [0.2, 0.25) is 0 Å². The molecule has 4 rings (SSSR count). The molecular formula is C21H17ClN2OS. The van der Waals surface area contributed by atoms with Crippen LogP contribution < -0.4 is 14.1 Å². The van der Waals surface area contributed by atoms with Gasteiger partial charge in [0.25, 0.3) is 0 Å². The summed E-state index contributed by atoms with van der Waals surface area (Å²) >= 11 is 7.73. The summed E-state index contributed by atoms with van der Waals surface area (Å²) in [6.45, 7) is 2.66. The Bertz CT molecular complexity index is 1160. The largest absolute Gasteiger partial charge is 0.494 e. The van der Waals surface area contributed by atoms with Crippen LogP contribution in [0.3, 0.4) is 0 Å². The van der Waals surface area contributed by atoms with E-state index in [4.69, 9.17) is 21.3 Å². The van der Waals surface area contributed by atoms with E-state index in [1.165, 1.54) is 4.53 Å². The van der Waals surface area contributed by atoms with Gasteiger partial charge < -0.3 is 4.74 Å². The fraction of sp³-hybridized carbons (Fsp3) is 0.0952. The van der Waals surface area contributed by atoms with E-state index in [1.54, 1.807) is 11.3 Å². The summed E-state index contributed by atoms with van der Waals surface area (Å²) in [6, 6.07) is 19.9. The van der Waals surface area contributed by atoms with E-state index in [-0.39, 0.29) is 0 Å². The Kier molecular flexibility index (Phi) is 4.78. The summed E-state index contributed by atoms with van der Waals surface area (Å²) in [5.41, 5.74) is 3.12. The summed E-state index contributed by atoms with van der Waals surface area (Å²) in [4.78, 5) is 5.68. The predicted octanol–water partition coefficient (Wildman–Crippen LogP) is 4.83. The maximum atomic E-state index is 6.08. The zero-order valence-electron chi connectivity index (χ0n) is 14.2. The van der Waals surface area contributed by atoms with Crippen LogP contribution in [0, 0.1) is 0 Å². The number of benzene rings is 2. The van der Waals surface area contributed by atoms with Gasteiger partial charge in [-0.05, 0) is 61.0 Å². The predicted molar refractivity (Wildman–Crippen MR) is 108 cm³/mol. The van der Waals surface area contributed by atoms with E-state index in [0.717, 1.165) is 27.3 Å². The van der Waals surface area contributed by atoms with Crippen LogP contribution in [-0.4, -0.2) is 11.0 Å². The van der Waals surface area contributed by atoms with E-state index in [1.807, 2.05) is 55.6 Å². The number of fused-ring (bicyclic) bond motifs is 1. The van der Waals surface area contributed by atoms with Crippen molar-refractivity contribution in [2.75, 3.05) is 6.61 Å². The van der Waals surface area contributed by atoms with Gasteiger partial charge in [0.1, 0.15) is 5.75 Å². The number of hydrogen-bond donors (Lipinski definition) is 0. The van der Waals surface area contributed by atoms with Crippen molar-refractivity contribution in [1.82, 2.24) is 4.40 Å². The average Bonchev–Trinajstić information content (AvgIpc) is 3.22. The molecule has 0 aliphatic rings. The average molecular weight is 381 g/mol. The highest BCUT2D eigenvalue weighted by Gasteiger charge is 2.02. The molecule has 0 spiro atoms. The van der Waals surface area contributed by atoms with Gasteiger partial charge in [-0.25, -0.2) is 4.99 Å².